The summed E-state index contributed by atoms with van der Waals surface area (Å²) in [5, 5.41) is 0. The Hall–Kier alpha value is -1.32. The summed E-state index contributed by atoms with van der Waals surface area (Å²) in [5.41, 5.74) is 1.28. The van der Waals surface area contributed by atoms with Crippen LogP contribution in [-0.2, 0) is 9.59 Å². The monoisotopic (exact) mass is 320 g/mol. The van der Waals surface area contributed by atoms with E-state index in [0.29, 0.717) is 25.2 Å². The number of rotatable bonds is 7. The van der Waals surface area contributed by atoms with Crippen LogP contribution in [0.1, 0.15) is 71.1 Å². The Balaban J connectivity index is 1.76. The molecule has 0 aromatic carbocycles. The minimum Gasteiger partial charge on any atom is -0.346 e. The predicted octanol–water partition coefficient (Wildman–Crippen LogP) is 3.72. The van der Waals surface area contributed by atoms with Gasteiger partial charge >= 0.3 is 0 Å². The summed E-state index contributed by atoms with van der Waals surface area (Å²) < 4.78 is 0. The highest BCUT2D eigenvalue weighted by molar-refractivity contribution is 5.80. The largest absolute Gasteiger partial charge is 0.346 e. The Bertz CT molecular complexity index is 445. The molecule has 1 heterocycles. The summed E-state index contributed by atoms with van der Waals surface area (Å²) in [7, 11) is 1.86. The molecule has 0 aromatic rings. The van der Waals surface area contributed by atoms with Crippen molar-refractivity contribution in [1.29, 1.82) is 0 Å². The molecule has 4 heteroatoms. The van der Waals surface area contributed by atoms with E-state index in [4.69, 9.17) is 0 Å². The molecule has 0 radical (unpaired) electrons. The average Bonchev–Trinajstić information content (AvgIpc) is 2.58. The lowest BCUT2D eigenvalue weighted by molar-refractivity contribution is -0.132. The van der Waals surface area contributed by atoms with Crippen LogP contribution >= 0.6 is 0 Å². The van der Waals surface area contributed by atoms with Gasteiger partial charge in [-0.25, -0.2) is 0 Å². The fraction of sp³-hybridized carbons (Fsp3) is 0.789. The third kappa shape index (κ3) is 5.08. The second-order valence-corrected chi connectivity index (χ2v) is 6.97. The smallest absolute Gasteiger partial charge is 0.226 e. The van der Waals surface area contributed by atoms with Crippen molar-refractivity contribution in [3.05, 3.63) is 11.8 Å². The Kier molecular flexibility index (Phi) is 7.13. The molecule has 4 nitrogen and oxygen atoms in total. The minimum absolute atomic E-state index is 0.166. The van der Waals surface area contributed by atoms with Crippen LogP contribution in [0, 0.1) is 5.92 Å². The molecule has 1 aliphatic carbocycles. The van der Waals surface area contributed by atoms with Crippen LogP contribution in [0.5, 0.6) is 0 Å². The first-order valence-corrected chi connectivity index (χ1v) is 9.38. The molecule has 0 spiro atoms. The molecule has 2 aliphatic rings. The molecular formula is C19H32N2O2. The number of allylic oxidation sites excluding steroid dienone is 2. The van der Waals surface area contributed by atoms with Crippen LogP contribution in [0.15, 0.2) is 11.8 Å². The fourth-order valence-electron chi connectivity index (χ4n) is 3.68. The lowest BCUT2D eigenvalue weighted by atomic mass is 9.85. The normalized spacial score (nSPS) is 20.7. The van der Waals surface area contributed by atoms with Crippen molar-refractivity contribution in [2.24, 2.45) is 5.92 Å². The van der Waals surface area contributed by atoms with Crippen LogP contribution < -0.4 is 0 Å². The predicted molar refractivity (Wildman–Crippen MR) is 92.8 cm³/mol. The zero-order chi connectivity index (χ0) is 16.7. The van der Waals surface area contributed by atoms with Gasteiger partial charge in [-0.05, 0) is 50.9 Å². The number of piperidine rings is 1. The molecular weight excluding hydrogens is 288 g/mol. The molecule has 2 amide bonds. The van der Waals surface area contributed by atoms with Crippen LogP contribution in [-0.4, -0.2) is 41.8 Å². The molecule has 1 aliphatic heterocycles. The topological polar surface area (TPSA) is 40.6 Å². The average molecular weight is 320 g/mol. The van der Waals surface area contributed by atoms with Crippen molar-refractivity contribution in [3.8, 4) is 0 Å². The molecule has 23 heavy (non-hydrogen) atoms. The lowest BCUT2D eigenvalue weighted by Gasteiger charge is -2.38. The number of hydrogen-bond acceptors (Lipinski definition) is 2. The second kappa shape index (κ2) is 9.09. The van der Waals surface area contributed by atoms with Crippen molar-refractivity contribution in [1.82, 2.24) is 9.80 Å². The summed E-state index contributed by atoms with van der Waals surface area (Å²) in [4.78, 5) is 28.4. The number of likely N-dealkylation sites (tertiary alicyclic amines) is 1. The molecule has 1 atom stereocenters. The van der Waals surface area contributed by atoms with E-state index in [-0.39, 0.29) is 11.8 Å². The van der Waals surface area contributed by atoms with E-state index < -0.39 is 0 Å². The second-order valence-electron chi connectivity index (χ2n) is 6.97. The van der Waals surface area contributed by atoms with E-state index in [1.807, 2.05) is 11.9 Å². The highest BCUT2D eigenvalue weighted by Gasteiger charge is 2.29. The molecule has 0 saturated carbocycles. The maximum absolute atomic E-state index is 12.5. The number of amides is 2. The third-order valence-electron chi connectivity index (χ3n) is 5.13. The van der Waals surface area contributed by atoms with Crippen molar-refractivity contribution < 1.29 is 9.59 Å². The van der Waals surface area contributed by atoms with Crippen molar-refractivity contribution in [2.45, 2.75) is 71.1 Å². The number of nitrogens with zero attached hydrogens (tertiary/aromatic N) is 2. The maximum atomic E-state index is 12.5. The molecule has 1 unspecified atom stereocenters. The maximum Gasteiger partial charge on any atom is 0.226 e. The summed E-state index contributed by atoms with van der Waals surface area (Å²) in [6.45, 7) is 3.82. The van der Waals surface area contributed by atoms with Gasteiger partial charge in [0.15, 0.2) is 0 Å². The molecule has 2 rings (SSSR count). The van der Waals surface area contributed by atoms with E-state index in [2.05, 4.69) is 13.0 Å². The minimum atomic E-state index is 0.166. The Morgan fingerprint density at radius 2 is 2.00 bits per heavy atom. The summed E-state index contributed by atoms with van der Waals surface area (Å²) in [6.07, 6.45) is 12.0. The number of hydrogen-bond donors (Lipinski definition) is 0. The fourth-order valence-corrected chi connectivity index (χ4v) is 3.68. The first-order chi connectivity index (χ1) is 11.1. The van der Waals surface area contributed by atoms with E-state index in [1.165, 1.54) is 25.0 Å². The quantitative estimate of drug-likeness (QED) is 0.717. The van der Waals surface area contributed by atoms with Gasteiger partial charge in [-0.3, -0.25) is 9.59 Å². The van der Waals surface area contributed by atoms with Gasteiger partial charge in [0.05, 0.1) is 0 Å². The van der Waals surface area contributed by atoms with E-state index in [1.54, 1.807) is 4.90 Å². The van der Waals surface area contributed by atoms with Crippen molar-refractivity contribution in [2.75, 3.05) is 20.1 Å². The van der Waals surface area contributed by atoms with Crippen LogP contribution in [0.3, 0.4) is 0 Å². The Labute approximate surface area is 140 Å². The van der Waals surface area contributed by atoms with Gasteiger partial charge in [0, 0.05) is 38.7 Å². The summed E-state index contributed by atoms with van der Waals surface area (Å²) >= 11 is 0. The summed E-state index contributed by atoms with van der Waals surface area (Å²) in [5.74, 6) is 0.981. The first-order valence-electron chi connectivity index (χ1n) is 9.38. The molecule has 0 aromatic heterocycles. The molecule has 1 fully saturated rings. The number of unbranched alkanes of at least 4 members (excludes halogenated alkanes) is 1. The molecule has 130 valence electrons. The first kappa shape index (κ1) is 18.0. The zero-order valence-corrected chi connectivity index (χ0v) is 14.9. The van der Waals surface area contributed by atoms with E-state index >= 15 is 0 Å². The van der Waals surface area contributed by atoms with Gasteiger partial charge in [-0.2, -0.15) is 0 Å². The number of fused-ring (bicyclic) bond motifs is 1. The van der Waals surface area contributed by atoms with Gasteiger partial charge in [0.2, 0.25) is 11.8 Å². The van der Waals surface area contributed by atoms with Gasteiger partial charge in [0.25, 0.3) is 0 Å². The lowest BCUT2D eigenvalue weighted by Crippen LogP contribution is -2.39. The Morgan fingerprint density at radius 1 is 1.22 bits per heavy atom. The van der Waals surface area contributed by atoms with Gasteiger partial charge in [-0.1, -0.05) is 19.4 Å². The van der Waals surface area contributed by atoms with E-state index in [0.717, 1.165) is 38.8 Å². The van der Waals surface area contributed by atoms with Crippen molar-refractivity contribution in [3.63, 3.8) is 0 Å². The Morgan fingerprint density at radius 3 is 2.78 bits per heavy atom. The van der Waals surface area contributed by atoms with E-state index in [9.17, 15) is 9.59 Å². The van der Waals surface area contributed by atoms with Gasteiger partial charge in [-0.15, -0.1) is 0 Å². The van der Waals surface area contributed by atoms with Gasteiger partial charge in [0.1, 0.15) is 0 Å². The highest BCUT2D eigenvalue weighted by Crippen LogP contribution is 2.35. The van der Waals surface area contributed by atoms with Crippen LogP contribution in [0.2, 0.25) is 0 Å². The van der Waals surface area contributed by atoms with Gasteiger partial charge < -0.3 is 9.80 Å². The SMILES string of the molecule is CCCCN(C)C(=O)CCCC(=O)N1CCCC2CCCC=C21. The van der Waals surface area contributed by atoms with Crippen LogP contribution in [0.4, 0.5) is 0 Å². The number of carbonyl (C=O) groups excluding carboxylic acids is 2. The van der Waals surface area contributed by atoms with Crippen LogP contribution in [0.25, 0.3) is 0 Å². The molecule has 1 saturated heterocycles. The molecule has 0 N–H and O–H groups in total. The standard InChI is InChI=1S/C19H32N2O2/c1-3-4-14-20(2)18(22)12-7-13-19(23)21-15-8-10-16-9-5-6-11-17(16)21/h11,16H,3-10,12-15H2,1-2H3. The zero-order valence-electron chi connectivity index (χ0n) is 14.9. The summed E-state index contributed by atoms with van der Waals surface area (Å²) in [6, 6.07) is 0. The van der Waals surface area contributed by atoms with Crippen molar-refractivity contribution >= 4 is 11.8 Å². The third-order valence-corrected chi connectivity index (χ3v) is 5.13. The number of carbonyl (C=O) groups is 2. The highest BCUT2D eigenvalue weighted by atomic mass is 16.2. The molecule has 0 bridgehead atoms.